The lowest BCUT2D eigenvalue weighted by Gasteiger charge is -2.13. The van der Waals surface area contributed by atoms with E-state index in [1.165, 1.54) is 0 Å². The Balaban J connectivity index is 1.52. The molecule has 1 amide bonds. The summed E-state index contributed by atoms with van der Waals surface area (Å²) in [5.41, 5.74) is 2.68. The fourth-order valence-electron chi connectivity index (χ4n) is 3.51. The lowest BCUT2D eigenvalue weighted by Crippen LogP contribution is -2.30. The number of furan rings is 1. The van der Waals surface area contributed by atoms with E-state index in [4.69, 9.17) is 21.4 Å². The average Bonchev–Trinajstić information content (AvgIpc) is 3.33. The Morgan fingerprint density at radius 2 is 2.10 bits per heavy atom. The molecule has 0 radical (unpaired) electrons. The van der Waals surface area contributed by atoms with Crippen molar-refractivity contribution in [3.8, 4) is 17.1 Å². The van der Waals surface area contributed by atoms with E-state index in [2.05, 4.69) is 15.5 Å². The van der Waals surface area contributed by atoms with Gasteiger partial charge in [0.05, 0.1) is 12.6 Å². The van der Waals surface area contributed by atoms with Crippen LogP contribution in [0.3, 0.4) is 0 Å². The summed E-state index contributed by atoms with van der Waals surface area (Å²) in [6, 6.07) is 15.3. The molecule has 8 heteroatoms. The first kappa shape index (κ1) is 20.9. The second-order valence-electron chi connectivity index (χ2n) is 7.35. The van der Waals surface area contributed by atoms with Crippen LogP contribution in [0.15, 0.2) is 52.9 Å². The molecule has 0 bridgehead atoms. The molecule has 1 unspecified atom stereocenters. The lowest BCUT2D eigenvalue weighted by molar-refractivity contribution is -0.122. The van der Waals surface area contributed by atoms with Crippen molar-refractivity contribution >= 4 is 29.1 Å². The standard InChI is InChI=1S/C23H24N4O3S/c1-4-29-18-10-6-8-16-12-19(30-21(16)18)15(3)24-20(28)13-27-22(25-26-23(27)31)17-9-5-7-14(2)11-17/h5-12,15H,4,13H2,1-3H3,(H,24,28)(H,26,31). The van der Waals surface area contributed by atoms with Crippen molar-refractivity contribution in [3.63, 3.8) is 0 Å². The van der Waals surface area contributed by atoms with Gasteiger partial charge in [-0.05, 0) is 51.2 Å². The van der Waals surface area contributed by atoms with Gasteiger partial charge in [0.15, 0.2) is 21.9 Å². The van der Waals surface area contributed by atoms with Gasteiger partial charge in [0.25, 0.3) is 0 Å². The Morgan fingerprint density at radius 1 is 1.29 bits per heavy atom. The second-order valence-corrected chi connectivity index (χ2v) is 7.74. The highest BCUT2D eigenvalue weighted by Gasteiger charge is 2.18. The molecule has 0 saturated heterocycles. The number of para-hydroxylation sites is 1. The fourth-order valence-corrected chi connectivity index (χ4v) is 3.71. The molecule has 4 aromatic rings. The van der Waals surface area contributed by atoms with Gasteiger partial charge in [-0.3, -0.25) is 14.5 Å². The highest BCUT2D eigenvalue weighted by atomic mass is 32.1. The average molecular weight is 437 g/mol. The van der Waals surface area contributed by atoms with Crippen molar-refractivity contribution in [1.82, 2.24) is 20.1 Å². The summed E-state index contributed by atoms with van der Waals surface area (Å²) in [6.45, 7) is 6.42. The molecule has 7 nitrogen and oxygen atoms in total. The Morgan fingerprint density at radius 3 is 2.87 bits per heavy atom. The van der Waals surface area contributed by atoms with Gasteiger partial charge in [-0.1, -0.05) is 35.9 Å². The maximum Gasteiger partial charge on any atom is 0.240 e. The molecule has 31 heavy (non-hydrogen) atoms. The number of aromatic nitrogens is 3. The van der Waals surface area contributed by atoms with Gasteiger partial charge in [-0.25, -0.2) is 0 Å². The van der Waals surface area contributed by atoms with Gasteiger partial charge in [0, 0.05) is 10.9 Å². The first-order valence-electron chi connectivity index (χ1n) is 10.1. The molecule has 160 valence electrons. The highest BCUT2D eigenvalue weighted by molar-refractivity contribution is 7.71. The summed E-state index contributed by atoms with van der Waals surface area (Å²) >= 11 is 5.35. The third kappa shape index (κ3) is 4.39. The van der Waals surface area contributed by atoms with Crippen LogP contribution in [0.25, 0.3) is 22.4 Å². The first-order chi connectivity index (χ1) is 15.0. The van der Waals surface area contributed by atoms with Crippen LogP contribution >= 0.6 is 12.2 Å². The number of aryl methyl sites for hydroxylation is 1. The van der Waals surface area contributed by atoms with E-state index in [1.54, 1.807) is 4.57 Å². The summed E-state index contributed by atoms with van der Waals surface area (Å²) in [5, 5.41) is 11.0. The van der Waals surface area contributed by atoms with Crippen molar-refractivity contribution in [2.45, 2.75) is 33.4 Å². The normalized spacial score (nSPS) is 12.1. The molecule has 0 fully saturated rings. The molecule has 0 spiro atoms. The molecule has 0 saturated carbocycles. The molecule has 2 N–H and O–H groups in total. The van der Waals surface area contributed by atoms with Crippen molar-refractivity contribution in [2.75, 3.05) is 6.61 Å². The van der Waals surface area contributed by atoms with E-state index >= 15 is 0 Å². The minimum absolute atomic E-state index is 0.0490. The number of carbonyl (C=O) groups is 1. The number of hydrogen-bond acceptors (Lipinski definition) is 5. The SMILES string of the molecule is CCOc1cccc2cc(C(C)NC(=O)Cn3c(-c4cccc(C)c4)n[nH]c3=S)oc12. The number of hydrogen-bond donors (Lipinski definition) is 2. The first-order valence-corrected chi connectivity index (χ1v) is 10.5. The number of aromatic amines is 1. The topological polar surface area (TPSA) is 85.1 Å². The highest BCUT2D eigenvalue weighted by Crippen LogP contribution is 2.31. The van der Waals surface area contributed by atoms with Gasteiger partial charge in [0.1, 0.15) is 12.3 Å². The Labute approximate surface area is 185 Å². The summed E-state index contributed by atoms with van der Waals surface area (Å²) in [6.07, 6.45) is 0. The Hall–Kier alpha value is -3.39. The molecule has 2 aromatic carbocycles. The maximum atomic E-state index is 12.8. The molecule has 0 aliphatic heterocycles. The third-order valence-corrected chi connectivity index (χ3v) is 5.28. The van der Waals surface area contributed by atoms with Crippen molar-refractivity contribution in [2.24, 2.45) is 0 Å². The molecule has 2 aromatic heterocycles. The van der Waals surface area contributed by atoms with Crippen molar-refractivity contribution in [1.29, 1.82) is 0 Å². The van der Waals surface area contributed by atoms with Crippen LogP contribution in [0.2, 0.25) is 0 Å². The molecule has 2 heterocycles. The van der Waals surface area contributed by atoms with Gasteiger partial charge >= 0.3 is 0 Å². The third-order valence-electron chi connectivity index (χ3n) is 4.97. The summed E-state index contributed by atoms with van der Waals surface area (Å²) in [4.78, 5) is 12.8. The predicted molar refractivity (Wildman–Crippen MR) is 122 cm³/mol. The number of nitrogens with one attached hydrogen (secondary N) is 2. The van der Waals surface area contributed by atoms with Crippen LogP contribution in [0.1, 0.15) is 31.2 Å². The number of H-pyrrole nitrogens is 1. The molecule has 0 aliphatic carbocycles. The van der Waals surface area contributed by atoms with Crippen LogP contribution in [0.5, 0.6) is 5.75 Å². The van der Waals surface area contributed by atoms with Gasteiger partial charge < -0.3 is 14.5 Å². The number of carbonyl (C=O) groups excluding carboxylic acids is 1. The molecule has 4 rings (SSSR count). The zero-order chi connectivity index (χ0) is 22.0. The smallest absolute Gasteiger partial charge is 0.240 e. The summed E-state index contributed by atoms with van der Waals surface area (Å²) in [7, 11) is 0. The lowest BCUT2D eigenvalue weighted by atomic mass is 10.1. The number of benzene rings is 2. The van der Waals surface area contributed by atoms with Crippen LogP contribution in [0, 0.1) is 11.7 Å². The van der Waals surface area contributed by atoms with E-state index in [0.717, 1.165) is 16.5 Å². The van der Waals surface area contributed by atoms with E-state index in [-0.39, 0.29) is 18.5 Å². The predicted octanol–water partition coefficient (Wildman–Crippen LogP) is 4.94. The summed E-state index contributed by atoms with van der Waals surface area (Å²) in [5.74, 6) is 1.79. The number of nitrogens with zero attached hydrogens (tertiary/aromatic N) is 2. The number of amides is 1. The molecular weight excluding hydrogens is 412 g/mol. The summed E-state index contributed by atoms with van der Waals surface area (Å²) < 4.78 is 13.7. The van der Waals surface area contributed by atoms with E-state index in [0.29, 0.717) is 34.3 Å². The number of rotatable bonds is 7. The Kier molecular flexibility index (Phi) is 5.90. The monoisotopic (exact) mass is 436 g/mol. The van der Waals surface area contributed by atoms with Crippen LogP contribution in [0.4, 0.5) is 0 Å². The minimum Gasteiger partial charge on any atom is -0.490 e. The van der Waals surface area contributed by atoms with E-state index in [1.807, 2.05) is 69.3 Å². The van der Waals surface area contributed by atoms with Crippen LogP contribution in [-0.2, 0) is 11.3 Å². The van der Waals surface area contributed by atoms with Crippen LogP contribution in [-0.4, -0.2) is 27.3 Å². The quantitative estimate of drug-likeness (QED) is 0.401. The number of ether oxygens (including phenoxy) is 1. The number of fused-ring (bicyclic) bond motifs is 1. The van der Waals surface area contributed by atoms with Gasteiger partial charge in [-0.2, -0.15) is 5.10 Å². The van der Waals surface area contributed by atoms with Gasteiger partial charge in [-0.15, -0.1) is 0 Å². The minimum atomic E-state index is -0.321. The Bertz CT molecular complexity index is 1290. The van der Waals surface area contributed by atoms with Crippen molar-refractivity contribution in [3.05, 3.63) is 64.6 Å². The second kappa shape index (κ2) is 8.77. The fraction of sp³-hybridized carbons (Fsp3) is 0.261. The molecule has 0 aliphatic rings. The van der Waals surface area contributed by atoms with E-state index in [9.17, 15) is 4.79 Å². The zero-order valence-corrected chi connectivity index (χ0v) is 18.5. The zero-order valence-electron chi connectivity index (χ0n) is 17.6. The van der Waals surface area contributed by atoms with E-state index < -0.39 is 0 Å². The molecular formula is C23H24N4O3S. The van der Waals surface area contributed by atoms with Crippen LogP contribution < -0.4 is 10.1 Å². The largest absolute Gasteiger partial charge is 0.490 e. The van der Waals surface area contributed by atoms with Crippen molar-refractivity contribution < 1.29 is 13.9 Å². The van der Waals surface area contributed by atoms with Gasteiger partial charge in [0.2, 0.25) is 5.91 Å². The molecule has 1 atom stereocenters. The maximum absolute atomic E-state index is 12.8.